The molecule has 1 aromatic rings. The van der Waals surface area contributed by atoms with Gasteiger partial charge in [-0.05, 0) is 37.5 Å². The molecule has 2 aliphatic carbocycles. The number of likely N-dealkylation sites (tertiary alicyclic amines) is 1. The predicted octanol–water partition coefficient (Wildman–Crippen LogP) is 3.48. The fraction of sp³-hybridized carbons (Fsp3) is 0.842. The normalized spacial score (nSPS) is 30.7. The Hall–Kier alpha value is -1.39. The van der Waals surface area contributed by atoms with Crippen molar-refractivity contribution in [3.8, 4) is 0 Å². The second kappa shape index (κ2) is 6.49. The monoisotopic (exact) mass is 331 g/mol. The number of nitrogens with zero attached hydrogens (tertiary/aromatic N) is 3. The Kier molecular flexibility index (Phi) is 4.35. The Morgan fingerprint density at radius 1 is 1.25 bits per heavy atom. The third-order valence-corrected chi connectivity index (χ3v) is 6.63. The van der Waals surface area contributed by atoms with Gasteiger partial charge in [-0.15, -0.1) is 0 Å². The van der Waals surface area contributed by atoms with Crippen molar-refractivity contribution >= 4 is 5.91 Å². The van der Waals surface area contributed by atoms with E-state index in [0.717, 1.165) is 44.1 Å². The molecule has 1 aromatic heterocycles. The summed E-state index contributed by atoms with van der Waals surface area (Å²) in [5.74, 6) is 3.05. The van der Waals surface area contributed by atoms with Crippen LogP contribution in [0.1, 0.15) is 76.4 Å². The van der Waals surface area contributed by atoms with Gasteiger partial charge in [-0.25, -0.2) is 0 Å². The van der Waals surface area contributed by atoms with Crippen LogP contribution in [0, 0.1) is 11.8 Å². The minimum Gasteiger partial charge on any atom is -0.341 e. The van der Waals surface area contributed by atoms with Crippen LogP contribution in [0.3, 0.4) is 0 Å². The van der Waals surface area contributed by atoms with Crippen LogP contribution in [0.2, 0.25) is 0 Å². The van der Waals surface area contributed by atoms with E-state index in [1.54, 1.807) is 0 Å². The first-order valence-electron chi connectivity index (χ1n) is 9.82. The summed E-state index contributed by atoms with van der Waals surface area (Å²) >= 11 is 0. The maximum absolute atomic E-state index is 12.8. The second-order valence-corrected chi connectivity index (χ2v) is 8.09. The zero-order chi connectivity index (χ0) is 16.6. The molecule has 0 spiro atoms. The first kappa shape index (κ1) is 16.1. The van der Waals surface area contributed by atoms with E-state index >= 15 is 0 Å². The molecular weight excluding hydrogens is 302 g/mol. The number of fused-ring (bicyclic) bond motifs is 1. The quantitative estimate of drug-likeness (QED) is 0.847. The molecule has 2 unspecified atom stereocenters. The molecule has 0 N–H and O–H groups in total. The van der Waals surface area contributed by atoms with Gasteiger partial charge in [-0.1, -0.05) is 37.8 Å². The highest BCUT2D eigenvalue weighted by Gasteiger charge is 2.54. The molecule has 0 aromatic carbocycles. The maximum Gasteiger partial charge on any atom is 0.226 e. The number of rotatable bonds is 4. The fourth-order valence-corrected chi connectivity index (χ4v) is 5.21. The lowest BCUT2D eigenvalue weighted by Crippen LogP contribution is -2.36. The van der Waals surface area contributed by atoms with Gasteiger partial charge in [0.25, 0.3) is 0 Å². The third kappa shape index (κ3) is 2.76. The topological polar surface area (TPSA) is 59.2 Å². The molecule has 2 saturated carbocycles. The molecule has 5 nitrogen and oxygen atoms in total. The number of amides is 1. The Morgan fingerprint density at radius 3 is 2.83 bits per heavy atom. The molecule has 1 saturated heterocycles. The van der Waals surface area contributed by atoms with Gasteiger partial charge in [-0.3, -0.25) is 4.79 Å². The average Bonchev–Trinajstić information content (AvgIpc) is 3.29. The Balaban J connectivity index is 1.47. The maximum atomic E-state index is 12.8. The largest absolute Gasteiger partial charge is 0.341 e. The molecule has 5 heteroatoms. The Bertz CT molecular complexity index is 593. The number of aromatic nitrogens is 2. The molecule has 2 heterocycles. The molecule has 0 bridgehead atoms. The van der Waals surface area contributed by atoms with E-state index in [4.69, 9.17) is 4.52 Å². The van der Waals surface area contributed by atoms with Crippen LogP contribution < -0.4 is 0 Å². The van der Waals surface area contributed by atoms with Crippen molar-refractivity contribution in [2.45, 2.75) is 76.5 Å². The summed E-state index contributed by atoms with van der Waals surface area (Å²) in [5.41, 5.74) is -0.0425. The van der Waals surface area contributed by atoms with Gasteiger partial charge in [0.15, 0.2) is 5.82 Å². The number of carbonyl (C=O) groups is 1. The standard InChI is InChI=1S/C19H29N3O2/c1-2-16-20-18(21-24-16)19-10-6-9-15(19)12-22(13-19)17(23)11-14-7-4-3-5-8-14/h14-15H,2-13H2,1H3. The molecule has 3 aliphatic rings. The highest BCUT2D eigenvalue weighted by Crippen LogP contribution is 2.49. The molecule has 132 valence electrons. The van der Waals surface area contributed by atoms with E-state index in [1.165, 1.54) is 44.9 Å². The van der Waals surface area contributed by atoms with Gasteiger partial charge in [0, 0.05) is 25.9 Å². The smallest absolute Gasteiger partial charge is 0.226 e. The predicted molar refractivity (Wildman–Crippen MR) is 90.5 cm³/mol. The summed E-state index contributed by atoms with van der Waals surface area (Å²) < 4.78 is 5.38. The zero-order valence-electron chi connectivity index (χ0n) is 14.8. The third-order valence-electron chi connectivity index (χ3n) is 6.63. The van der Waals surface area contributed by atoms with Crippen molar-refractivity contribution in [2.24, 2.45) is 11.8 Å². The van der Waals surface area contributed by atoms with E-state index in [-0.39, 0.29) is 5.41 Å². The fourth-order valence-electron chi connectivity index (χ4n) is 5.21. The molecule has 2 atom stereocenters. The van der Waals surface area contributed by atoms with Crippen LogP contribution in [0.25, 0.3) is 0 Å². The molecule has 0 radical (unpaired) electrons. The van der Waals surface area contributed by atoms with Crippen molar-refractivity contribution in [2.75, 3.05) is 13.1 Å². The summed E-state index contributed by atoms with van der Waals surface area (Å²) in [6, 6.07) is 0. The highest BCUT2D eigenvalue weighted by atomic mass is 16.5. The SMILES string of the molecule is CCc1nc(C23CCCC2CN(C(=O)CC2CCCCC2)C3)no1. The molecule has 4 rings (SSSR count). The molecule has 1 aliphatic heterocycles. The van der Waals surface area contributed by atoms with Crippen molar-refractivity contribution < 1.29 is 9.32 Å². The van der Waals surface area contributed by atoms with E-state index in [1.807, 2.05) is 6.92 Å². The summed E-state index contributed by atoms with van der Waals surface area (Å²) in [5, 5.41) is 4.29. The second-order valence-electron chi connectivity index (χ2n) is 8.09. The molecular formula is C19H29N3O2. The lowest BCUT2D eigenvalue weighted by molar-refractivity contribution is -0.131. The molecule has 3 fully saturated rings. The number of aryl methyl sites for hydroxylation is 1. The van der Waals surface area contributed by atoms with E-state index in [0.29, 0.717) is 17.7 Å². The van der Waals surface area contributed by atoms with Gasteiger partial charge in [-0.2, -0.15) is 4.98 Å². The summed E-state index contributed by atoms with van der Waals surface area (Å²) in [7, 11) is 0. The summed E-state index contributed by atoms with van der Waals surface area (Å²) in [6.07, 6.45) is 11.4. The zero-order valence-corrected chi connectivity index (χ0v) is 14.8. The number of hydrogen-bond donors (Lipinski definition) is 0. The summed E-state index contributed by atoms with van der Waals surface area (Å²) in [4.78, 5) is 19.6. The van der Waals surface area contributed by atoms with Crippen LogP contribution in [-0.4, -0.2) is 34.0 Å². The minimum atomic E-state index is -0.0425. The van der Waals surface area contributed by atoms with Crippen LogP contribution in [0.15, 0.2) is 4.52 Å². The van der Waals surface area contributed by atoms with Crippen LogP contribution >= 0.6 is 0 Å². The lowest BCUT2D eigenvalue weighted by Gasteiger charge is -2.26. The number of carbonyl (C=O) groups excluding carboxylic acids is 1. The highest BCUT2D eigenvalue weighted by molar-refractivity contribution is 5.77. The Labute approximate surface area is 144 Å². The summed E-state index contributed by atoms with van der Waals surface area (Å²) in [6.45, 7) is 3.73. The van der Waals surface area contributed by atoms with Crippen molar-refractivity contribution in [3.63, 3.8) is 0 Å². The Morgan fingerprint density at radius 2 is 2.08 bits per heavy atom. The van der Waals surface area contributed by atoms with Crippen molar-refractivity contribution in [3.05, 3.63) is 11.7 Å². The lowest BCUT2D eigenvalue weighted by atomic mass is 9.80. The first-order chi connectivity index (χ1) is 11.7. The van der Waals surface area contributed by atoms with Crippen LogP contribution in [0.5, 0.6) is 0 Å². The van der Waals surface area contributed by atoms with Gasteiger partial charge in [0.2, 0.25) is 11.8 Å². The van der Waals surface area contributed by atoms with Gasteiger partial charge in [0.05, 0.1) is 5.41 Å². The van der Waals surface area contributed by atoms with Gasteiger partial charge >= 0.3 is 0 Å². The van der Waals surface area contributed by atoms with Gasteiger partial charge < -0.3 is 9.42 Å². The van der Waals surface area contributed by atoms with Crippen LogP contribution in [-0.2, 0) is 16.6 Å². The molecule has 24 heavy (non-hydrogen) atoms. The molecule has 1 amide bonds. The average molecular weight is 331 g/mol. The van der Waals surface area contributed by atoms with E-state index in [2.05, 4.69) is 15.0 Å². The van der Waals surface area contributed by atoms with Gasteiger partial charge in [0.1, 0.15) is 0 Å². The van der Waals surface area contributed by atoms with Crippen LogP contribution in [0.4, 0.5) is 0 Å². The van der Waals surface area contributed by atoms with Crippen molar-refractivity contribution in [1.82, 2.24) is 15.0 Å². The minimum absolute atomic E-state index is 0.0425. The first-order valence-corrected chi connectivity index (χ1v) is 9.82. The van der Waals surface area contributed by atoms with E-state index in [9.17, 15) is 4.79 Å². The number of hydrogen-bond acceptors (Lipinski definition) is 4. The van der Waals surface area contributed by atoms with Crippen molar-refractivity contribution in [1.29, 1.82) is 0 Å². The van der Waals surface area contributed by atoms with E-state index < -0.39 is 0 Å².